The van der Waals surface area contributed by atoms with Gasteiger partial charge in [0.2, 0.25) is 0 Å². The van der Waals surface area contributed by atoms with Gasteiger partial charge in [0.1, 0.15) is 11.6 Å². The topological polar surface area (TPSA) is 35.5 Å². The molecule has 2 N–H and O–H groups in total. The van der Waals surface area contributed by atoms with E-state index in [9.17, 15) is 9.50 Å². The predicted molar refractivity (Wildman–Crippen MR) is 89.5 cm³/mol. The van der Waals surface area contributed by atoms with Gasteiger partial charge < -0.3 is 10.4 Å². The van der Waals surface area contributed by atoms with E-state index in [2.05, 4.69) is 26.1 Å². The van der Waals surface area contributed by atoms with Crippen molar-refractivity contribution in [1.29, 1.82) is 0 Å². The maximum absolute atomic E-state index is 13.9. The molecule has 1 heterocycles. The van der Waals surface area contributed by atoms with Gasteiger partial charge in [0.15, 0.2) is 0 Å². The summed E-state index contributed by atoms with van der Waals surface area (Å²) >= 11 is 3.29. The number of phenols is 1. The molecule has 5 heteroatoms. The lowest BCUT2D eigenvalue weighted by Gasteiger charge is -2.41. The van der Waals surface area contributed by atoms with E-state index in [1.54, 1.807) is 0 Å². The number of piperazine rings is 1. The fraction of sp³-hybridized carbons (Fsp3) is 0.647. The highest BCUT2D eigenvalue weighted by Crippen LogP contribution is 2.43. The molecule has 0 spiro atoms. The van der Waals surface area contributed by atoms with E-state index in [1.807, 2.05) is 0 Å². The number of rotatable bonds is 3. The molecule has 3 nitrogen and oxygen atoms in total. The van der Waals surface area contributed by atoms with Crippen molar-refractivity contribution in [2.24, 2.45) is 5.92 Å². The van der Waals surface area contributed by atoms with Crippen LogP contribution in [0.2, 0.25) is 0 Å². The Morgan fingerprint density at radius 2 is 1.86 bits per heavy atom. The molecular formula is C17H24BrFN2O. The van der Waals surface area contributed by atoms with Crippen LogP contribution in [0.3, 0.4) is 0 Å². The smallest absolute Gasteiger partial charge is 0.134 e. The highest BCUT2D eigenvalue weighted by Gasteiger charge is 2.33. The average molecular weight is 371 g/mol. The number of hydrogen-bond acceptors (Lipinski definition) is 3. The lowest BCUT2D eigenvalue weighted by molar-refractivity contribution is 0.101. The molecule has 3 rings (SSSR count). The zero-order valence-corrected chi connectivity index (χ0v) is 14.4. The van der Waals surface area contributed by atoms with Crippen LogP contribution in [0.4, 0.5) is 4.39 Å². The van der Waals surface area contributed by atoms with Crippen molar-refractivity contribution in [2.75, 3.05) is 26.2 Å². The van der Waals surface area contributed by atoms with Crippen molar-refractivity contribution in [3.8, 4) is 5.75 Å². The molecule has 0 amide bonds. The van der Waals surface area contributed by atoms with Crippen LogP contribution in [-0.2, 0) is 0 Å². The van der Waals surface area contributed by atoms with Crippen LogP contribution in [0.1, 0.15) is 43.7 Å². The van der Waals surface area contributed by atoms with Crippen LogP contribution in [-0.4, -0.2) is 36.2 Å². The SMILES string of the molecule is Oc1c(Br)cc(F)cc1[C@H](C1CCCCC1)N1CCNCC1. The first-order valence-electron chi connectivity index (χ1n) is 8.29. The number of phenolic OH excluding ortho intramolecular Hbond substituents is 1. The van der Waals surface area contributed by atoms with E-state index >= 15 is 0 Å². The quantitative estimate of drug-likeness (QED) is 0.848. The molecule has 1 aliphatic heterocycles. The molecule has 1 aromatic carbocycles. The first-order valence-corrected chi connectivity index (χ1v) is 9.09. The lowest BCUT2D eigenvalue weighted by atomic mass is 9.80. The van der Waals surface area contributed by atoms with Crippen molar-refractivity contribution in [2.45, 2.75) is 38.1 Å². The first kappa shape index (κ1) is 16.2. The second-order valence-electron chi connectivity index (χ2n) is 6.45. The minimum Gasteiger partial charge on any atom is -0.506 e. The van der Waals surface area contributed by atoms with E-state index < -0.39 is 0 Å². The molecule has 1 aliphatic carbocycles. The first-order chi connectivity index (χ1) is 10.7. The van der Waals surface area contributed by atoms with E-state index in [-0.39, 0.29) is 17.6 Å². The van der Waals surface area contributed by atoms with E-state index in [4.69, 9.17) is 0 Å². The highest BCUT2D eigenvalue weighted by molar-refractivity contribution is 9.10. The number of nitrogens with zero attached hydrogens (tertiary/aromatic N) is 1. The van der Waals surface area contributed by atoms with E-state index in [1.165, 1.54) is 44.2 Å². The van der Waals surface area contributed by atoms with E-state index in [0.717, 1.165) is 31.7 Å². The standard InChI is InChI=1S/C17H24BrFN2O/c18-15-11-13(19)10-14(17(15)22)16(12-4-2-1-3-5-12)21-8-6-20-7-9-21/h10-12,16,20,22H,1-9H2/t16-/m0/s1. The second-order valence-corrected chi connectivity index (χ2v) is 7.31. The Balaban J connectivity index is 1.96. The molecule has 122 valence electrons. The monoisotopic (exact) mass is 370 g/mol. The molecule has 0 aromatic heterocycles. The summed E-state index contributed by atoms with van der Waals surface area (Å²) in [5.74, 6) is 0.428. The average Bonchev–Trinajstić information content (AvgIpc) is 2.54. The number of aromatic hydroxyl groups is 1. The van der Waals surface area contributed by atoms with Gasteiger partial charge in [-0.2, -0.15) is 0 Å². The van der Waals surface area contributed by atoms with Crippen molar-refractivity contribution in [3.05, 3.63) is 28.0 Å². The van der Waals surface area contributed by atoms with Gasteiger partial charge in [0.25, 0.3) is 0 Å². The fourth-order valence-corrected chi connectivity index (χ4v) is 4.42. The van der Waals surface area contributed by atoms with Gasteiger partial charge >= 0.3 is 0 Å². The number of halogens is 2. The Morgan fingerprint density at radius 1 is 1.18 bits per heavy atom. The van der Waals surface area contributed by atoms with Crippen molar-refractivity contribution in [3.63, 3.8) is 0 Å². The molecule has 1 aromatic rings. The maximum Gasteiger partial charge on any atom is 0.134 e. The van der Waals surface area contributed by atoms with Gasteiger partial charge in [-0.05, 0) is 46.8 Å². The summed E-state index contributed by atoms with van der Waals surface area (Å²) in [4.78, 5) is 2.42. The summed E-state index contributed by atoms with van der Waals surface area (Å²) in [6.07, 6.45) is 6.11. The molecule has 1 atom stereocenters. The molecule has 0 unspecified atom stereocenters. The summed E-state index contributed by atoms with van der Waals surface area (Å²) < 4.78 is 14.4. The molecule has 1 saturated heterocycles. The van der Waals surface area contributed by atoms with Crippen molar-refractivity contribution < 1.29 is 9.50 Å². The zero-order valence-electron chi connectivity index (χ0n) is 12.8. The Morgan fingerprint density at radius 3 is 2.55 bits per heavy atom. The Hall–Kier alpha value is -0.650. The molecule has 1 saturated carbocycles. The summed E-state index contributed by atoms with van der Waals surface area (Å²) in [6, 6.07) is 2.99. The van der Waals surface area contributed by atoms with E-state index in [0.29, 0.717) is 10.4 Å². The Bertz CT molecular complexity index is 496. The minimum atomic E-state index is -0.282. The highest BCUT2D eigenvalue weighted by atomic mass is 79.9. The van der Waals surface area contributed by atoms with Crippen molar-refractivity contribution >= 4 is 15.9 Å². The predicted octanol–water partition coefficient (Wildman–Crippen LogP) is 3.82. The molecule has 2 fully saturated rings. The van der Waals surface area contributed by atoms with Crippen LogP contribution >= 0.6 is 15.9 Å². The van der Waals surface area contributed by atoms with Gasteiger partial charge in [0.05, 0.1) is 4.47 Å². The van der Waals surface area contributed by atoms with Crippen LogP contribution < -0.4 is 5.32 Å². The molecule has 22 heavy (non-hydrogen) atoms. The van der Waals surface area contributed by atoms with Gasteiger partial charge in [-0.25, -0.2) is 4.39 Å². The van der Waals surface area contributed by atoms with Crippen LogP contribution in [0.5, 0.6) is 5.75 Å². The summed E-state index contributed by atoms with van der Waals surface area (Å²) in [7, 11) is 0. The number of hydrogen-bond donors (Lipinski definition) is 2. The molecule has 0 radical (unpaired) electrons. The Kier molecular flexibility index (Phi) is 5.37. The Labute approximate surface area is 140 Å². The van der Waals surface area contributed by atoms with Crippen LogP contribution in [0, 0.1) is 11.7 Å². The normalized spacial score (nSPS) is 22.6. The maximum atomic E-state index is 13.9. The third-order valence-corrected chi connectivity index (χ3v) is 5.62. The van der Waals surface area contributed by atoms with Crippen molar-refractivity contribution in [1.82, 2.24) is 10.2 Å². The summed E-state index contributed by atoms with van der Waals surface area (Å²) in [5.41, 5.74) is 0.751. The third kappa shape index (κ3) is 3.47. The van der Waals surface area contributed by atoms with Crippen LogP contribution in [0.25, 0.3) is 0 Å². The fourth-order valence-electron chi connectivity index (χ4n) is 3.97. The molecule has 0 bridgehead atoms. The number of nitrogens with one attached hydrogen (secondary N) is 1. The van der Waals surface area contributed by atoms with Gasteiger partial charge in [0, 0.05) is 37.8 Å². The lowest BCUT2D eigenvalue weighted by Crippen LogP contribution is -2.47. The second kappa shape index (κ2) is 7.28. The minimum absolute atomic E-state index is 0.120. The van der Waals surface area contributed by atoms with Gasteiger partial charge in [-0.1, -0.05) is 19.3 Å². The molecule has 2 aliphatic rings. The zero-order chi connectivity index (χ0) is 15.5. The summed E-state index contributed by atoms with van der Waals surface area (Å²) in [6.45, 7) is 3.82. The molecular weight excluding hydrogens is 347 g/mol. The third-order valence-electron chi connectivity index (χ3n) is 5.02. The summed E-state index contributed by atoms with van der Waals surface area (Å²) in [5, 5.41) is 13.9. The van der Waals surface area contributed by atoms with Gasteiger partial charge in [-0.15, -0.1) is 0 Å². The van der Waals surface area contributed by atoms with Crippen LogP contribution in [0.15, 0.2) is 16.6 Å². The number of benzene rings is 1. The van der Waals surface area contributed by atoms with Gasteiger partial charge in [-0.3, -0.25) is 4.90 Å². The largest absolute Gasteiger partial charge is 0.506 e.